The van der Waals surface area contributed by atoms with Crippen LogP contribution >= 0.6 is 0 Å². The van der Waals surface area contributed by atoms with Gasteiger partial charge in [-0.05, 0) is 24.1 Å². The Morgan fingerprint density at radius 2 is 2.05 bits per heavy atom. The lowest BCUT2D eigenvalue weighted by molar-refractivity contribution is 0.0595. The first-order valence-electron chi connectivity index (χ1n) is 6.35. The van der Waals surface area contributed by atoms with E-state index in [0.717, 1.165) is 5.56 Å². The SMILES string of the molecule is CCc1ccccc1NS(=O)(=O)c1c[nH]c(C(=O)OC)c1. The van der Waals surface area contributed by atoms with E-state index in [1.807, 2.05) is 19.1 Å². The molecule has 0 amide bonds. The number of methoxy groups -OCH3 is 1. The lowest BCUT2D eigenvalue weighted by Crippen LogP contribution is -2.13. The van der Waals surface area contributed by atoms with Gasteiger partial charge < -0.3 is 9.72 Å². The molecular formula is C14H16N2O4S. The van der Waals surface area contributed by atoms with Crippen LogP contribution in [0.25, 0.3) is 0 Å². The Morgan fingerprint density at radius 1 is 1.33 bits per heavy atom. The Bertz CT molecular complexity index is 750. The molecule has 7 heteroatoms. The normalized spacial score (nSPS) is 11.1. The molecular weight excluding hydrogens is 292 g/mol. The predicted molar refractivity (Wildman–Crippen MR) is 78.8 cm³/mol. The minimum Gasteiger partial charge on any atom is -0.464 e. The summed E-state index contributed by atoms with van der Waals surface area (Å²) < 4.78 is 31.7. The number of aryl methyl sites for hydroxylation is 1. The fourth-order valence-electron chi connectivity index (χ4n) is 1.89. The Labute approximate surface area is 123 Å². The molecule has 0 bridgehead atoms. The average molecular weight is 308 g/mol. The third-order valence-corrected chi connectivity index (χ3v) is 4.36. The van der Waals surface area contributed by atoms with Crippen LogP contribution in [0.3, 0.4) is 0 Å². The Kier molecular flexibility index (Phi) is 4.32. The summed E-state index contributed by atoms with van der Waals surface area (Å²) >= 11 is 0. The van der Waals surface area contributed by atoms with E-state index in [9.17, 15) is 13.2 Å². The predicted octanol–water partition coefficient (Wildman–Crippen LogP) is 2.16. The third-order valence-electron chi connectivity index (χ3n) is 3.01. The zero-order valence-corrected chi connectivity index (χ0v) is 12.5. The van der Waals surface area contributed by atoms with Crippen molar-refractivity contribution in [3.05, 3.63) is 47.8 Å². The molecule has 0 saturated heterocycles. The van der Waals surface area contributed by atoms with Gasteiger partial charge in [-0.25, -0.2) is 13.2 Å². The van der Waals surface area contributed by atoms with Crippen LogP contribution in [-0.4, -0.2) is 26.5 Å². The fraction of sp³-hybridized carbons (Fsp3) is 0.214. The summed E-state index contributed by atoms with van der Waals surface area (Å²) in [7, 11) is -2.53. The van der Waals surface area contributed by atoms with Crippen LogP contribution in [0.5, 0.6) is 0 Å². The maximum atomic E-state index is 12.3. The second kappa shape index (κ2) is 6.01. The number of aromatic amines is 1. The first-order chi connectivity index (χ1) is 9.97. The number of H-pyrrole nitrogens is 1. The summed E-state index contributed by atoms with van der Waals surface area (Å²) in [5, 5.41) is 0. The number of anilines is 1. The van der Waals surface area contributed by atoms with Crippen molar-refractivity contribution in [2.45, 2.75) is 18.2 Å². The van der Waals surface area contributed by atoms with E-state index in [1.54, 1.807) is 12.1 Å². The number of hydrogen-bond acceptors (Lipinski definition) is 4. The molecule has 0 spiro atoms. The number of rotatable bonds is 5. The van der Waals surface area contributed by atoms with Crippen molar-refractivity contribution < 1.29 is 17.9 Å². The van der Waals surface area contributed by atoms with Crippen molar-refractivity contribution in [2.24, 2.45) is 0 Å². The number of para-hydroxylation sites is 1. The molecule has 1 aromatic heterocycles. The molecule has 0 aliphatic rings. The highest BCUT2D eigenvalue weighted by molar-refractivity contribution is 7.92. The number of carbonyl (C=O) groups excluding carboxylic acids is 1. The molecule has 21 heavy (non-hydrogen) atoms. The molecule has 2 aromatic rings. The summed E-state index contributed by atoms with van der Waals surface area (Å²) in [4.78, 5) is 13.9. The molecule has 0 saturated carbocycles. The summed E-state index contributed by atoms with van der Waals surface area (Å²) in [6.45, 7) is 1.94. The van der Waals surface area contributed by atoms with Crippen LogP contribution in [0.15, 0.2) is 41.4 Å². The van der Waals surface area contributed by atoms with Gasteiger partial charge in [0.1, 0.15) is 10.6 Å². The van der Waals surface area contributed by atoms with Gasteiger partial charge in [-0.1, -0.05) is 25.1 Å². The zero-order chi connectivity index (χ0) is 15.5. The monoisotopic (exact) mass is 308 g/mol. The number of esters is 1. The molecule has 2 rings (SSSR count). The molecule has 0 aliphatic heterocycles. The standard InChI is InChI=1S/C14H16N2O4S/c1-3-10-6-4-5-7-12(10)16-21(18,19)11-8-13(15-9-11)14(17)20-2/h4-9,15-16H,3H2,1-2H3. The van der Waals surface area contributed by atoms with E-state index in [-0.39, 0.29) is 10.6 Å². The first-order valence-corrected chi connectivity index (χ1v) is 7.83. The molecule has 0 fully saturated rings. The molecule has 6 nitrogen and oxygen atoms in total. The maximum Gasteiger partial charge on any atom is 0.354 e. The van der Waals surface area contributed by atoms with Crippen molar-refractivity contribution >= 4 is 21.7 Å². The minimum atomic E-state index is -3.76. The second-order valence-electron chi connectivity index (χ2n) is 4.36. The van der Waals surface area contributed by atoms with E-state index >= 15 is 0 Å². The Hall–Kier alpha value is -2.28. The molecule has 0 unspecified atom stereocenters. The summed E-state index contributed by atoms with van der Waals surface area (Å²) in [5.74, 6) is -0.620. The number of aromatic nitrogens is 1. The van der Waals surface area contributed by atoms with E-state index < -0.39 is 16.0 Å². The van der Waals surface area contributed by atoms with Crippen molar-refractivity contribution in [3.63, 3.8) is 0 Å². The van der Waals surface area contributed by atoms with Gasteiger partial charge in [0.15, 0.2) is 0 Å². The van der Waals surface area contributed by atoms with Crippen molar-refractivity contribution in [1.29, 1.82) is 0 Å². The van der Waals surface area contributed by atoms with Crippen LogP contribution < -0.4 is 4.72 Å². The smallest absolute Gasteiger partial charge is 0.354 e. The lowest BCUT2D eigenvalue weighted by Gasteiger charge is -2.10. The van der Waals surface area contributed by atoms with Crippen molar-refractivity contribution in [1.82, 2.24) is 4.98 Å². The van der Waals surface area contributed by atoms with Gasteiger partial charge in [-0.3, -0.25) is 4.72 Å². The van der Waals surface area contributed by atoms with Gasteiger partial charge in [0.25, 0.3) is 10.0 Å². The molecule has 1 heterocycles. The topological polar surface area (TPSA) is 88.3 Å². The Balaban J connectivity index is 2.30. The molecule has 2 N–H and O–H groups in total. The van der Waals surface area contributed by atoms with Gasteiger partial charge in [-0.15, -0.1) is 0 Å². The van der Waals surface area contributed by atoms with Gasteiger partial charge in [-0.2, -0.15) is 0 Å². The van der Waals surface area contributed by atoms with Crippen LogP contribution in [0.2, 0.25) is 0 Å². The summed E-state index contributed by atoms with van der Waals surface area (Å²) in [6.07, 6.45) is 1.96. The van der Waals surface area contributed by atoms with E-state index in [4.69, 9.17) is 0 Å². The molecule has 1 aromatic carbocycles. The fourth-order valence-corrected chi connectivity index (χ4v) is 2.98. The average Bonchev–Trinajstić information content (AvgIpc) is 2.97. The number of benzene rings is 1. The summed E-state index contributed by atoms with van der Waals surface area (Å²) in [5.41, 5.74) is 1.51. The largest absolute Gasteiger partial charge is 0.464 e. The maximum absolute atomic E-state index is 12.3. The Morgan fingerprint density at radius 3 is 2.71 bits per heavy atom. The van der Waals surface area contributed by atoms with Crippen LogP contribution in [0, 0.1) is 0 Å². The highest BCUT2D eigenvalue weighted by atomic mass is 32.2. The number of sulfonamides is 1. The van der Waals surface area contributed by atoms with Crippen molar-refractivity contribution in [3.8, 4) is 0 Å². The van der Waals surface area contributed by atoms with Crippen LogP contribution in [0.1, 0.15) is 23.0 Å². The third kappa shape index (κ3) is 3.25. The second-order valence-corrected chi connectivity index (χ2v) is 6.04. The number of ether oxygens (including phenoxy) is 1. The first kappa shape index (κ1) is 15.1. The summed E-state index contributed by atoms with van der Waals surface area (Å²) in [6, 6.07) is 8.40. The van der Waals surface area contributed by atoms with E-state index in [1.165, 1.54) is 19.4 Å². The number of nitrogens with one attached hydrogen (secondary N) is 2. The molecule has 0 atom stereocenters. The van der Waals surface area contributed by atoms with E-state index in [0.29, 0.717) is 12.1 Å². The highest BCUT2D eigenvalue weighted by Gasteiger charge is 2.19. The molecule has 0 aliphatic carbocycles. The van der Waals surface area contributed by atoms with Gasteiger partial charge in [0.05, 0.1) is 12.8 Å². The minimum absolute atomic E-state index is 0.0196. The van der Waals surface area contributed by atoms with Crippen molar-refractivity contribution in [2.75, 3.05) is 11.8 Å². The molecule has 0 radical (unpaired) electrons. The molecule has 112 valence electrons. The van der Waals surface area contributed by atoms with Gasteiger partial charge in [0, 0.05) is 6.20 Å². The van der Waals surface area contributed by atoms with Crippen LogP contribution in [0.4, 0.5) is 5.69 Å². The van der Waals surface area contributed by atoms with Gasteiger partial charge >= 0.3 is 5.97 Å². The number of hydrogen-bond donors (Lipinski definition) is 2. The highest BCUT2D eigenvalue weighted by Crippen LogP contribution is 2.21. The zero-order valence-electron chi connectivity index (χ0n) is 11.7. The van der Waals surface area contributed by atoms with Crippen LogP contribution in [-0.2, 0) is 21.2 Å². The van der Waals surface area contributed by atoms with Gasteiger partial charge in [0.2, 0.25) is 0 Å². The van der Waals surface area contributed by atoms with E-state index in [2.05, 4.69) is 14.4 Å². The lowest BCUT2D eigenvalue weighted by atomic mass is 10.1. The number of carbonyl (C=O) groups is 1. The quantitative estimate of drug-likeness (QED) is 0.829.